The van der Waals surface area contributed by atoms with Crippen LogP contribution in [0.3, 0.4) is 0 Å². The zero-order chi connectivity index (χ0) is 16.5. The summed E-state index contributed by atoms with van der Waals surface area (Å²) in [6.45, 7) is 2.02. The van der Waals surface area contributed by atoms with E-state index in [0.717, 1.165) is 36.6 Å². The van der Waals surface area contributed by atoms with Crippen LogP contribution in [0.5, 0.6) is 0 Å². The summed E-state index contributed by atoms with van der Waals surface area (Å²) in [5.74, 6) is -0.733. The van der Waals surface area contributed by atoms with Crippen LogP contribution >= 0.6 is 11.3 Å². The molecule has 0 radical (unpaired) electrons. The van der Waals surface area contributed by atoms with Crippen molar-refractivity contribution < 1.29 is 13.6 Å². The lowest BCUT2D eigenvalue weighted by atomic mass is 9.99. The molecule has 1 saturated heterocycles. The number of thiazole rings is 1. The van der Waals surface area contributed by atoms with Gasteiger partial charge in [0.05, 0.1) is 16.3 Å². The first-order valence-electron chi connectivity index (χ1n) is 8.05. The zero-order valence-electron chi connectivity index (χ0n) is 13.7. The van der Waals surface area contributed by atoms with Crippen molar-refractivity contribution in [1.82, 2.24) is 16.5 Å². The first-order valence-corrected chi connectivity index (χ1v) is 8.93. The summed E-state index contributed by atoms with van der Waals surface area (Å²) in [5.41, 5.74) is 1.34. The van der Waals surface area contributed by atoms with Gasteiger partial charge in [0.1, 0.15) is 17.3 Å². The van der Waals surface area contributed by atoms with Crippen molar-refractivity contribution in [3.8, 4) is 0 Å². The molecule has 0 saturated carbocycles. The lowest BCUT2D eigenvalue weighted by molar-refractivity contribution is 0.0800. The molecule has 1 unspecified atom stereocenters. The van der Waals surface area contributed by atoms with Crippen molar-refractivity contribution in [3.05, 3.63) is 51.5 Å². The van der Waals surface area contributed by atoms with Crippen molar-refractivity contribution in [3.63, 3.8) is 0 Å². The van der Waals surface area contributed by atoms with Gasteiger partial charge in [0.25, 0.3) is 0 Å². The lowest BCUT2D eigenvalue weighted by Gasteiger charge is -2.20. The van der Waals surface area contributed by atoms with Gasteiger partial charge < -0.3 is 16.3 Å². The van der Waals surface area contributed by atoms with Crippen LogP contribution in [0.15, 0.2) is 28.7 Å². The fraction of sp³-hybridized carbons (Fsp3) is 0.412. The Hall–Kier alpha value is -1.90. The number of piperidine rings is 1. The Morgan fingerprint density at radius 1 is 1.16 bits per heavy atom. The Morgan fingerprint density at radius 2 is 1.88 bits per heavy atom. The van der Waals surface area contributed by atoms with E-state index in [-0.39, 0.29) is 11.7 Å². The monoisotopic (exact) mass is 366 g/mol. The van der Waals surface area contributed by atoms with Gasteiger partial charge in [0, 0.05) is 17.7 Å². The third kappa shape index (κ3) is 3.56. The Kier molecular flexibility index (Phi) is 5.41. The van der Waals surface area contributed by atoms with Gasteiger partial charge in [-0.2, -0.15) is 0 Å². The molecule has 3 heterocycles. The molecular weight excluding hydrogens is 346 g/mol. The standard InChI is InChI=1S/C17H17F2N3OS.H3N/c18-11-2-1-3-12(19)16(11)15-8-13(22-23-15)14-9-24-17(21-14)10-4-6-20-7-5-10;/h1-3,9-10,15,20H,4-8H2;1H3. The topological polar surface area (TPSA) is 81.5 Å². The van der Waals surface area contributed by atoms with Crippen LogP contribution in [0.4, 0.5) is 8.78 Å². The fourth-order valence-electron chi connectivity index (χ4n) is 3.18. The highest BCUT2D eigenvalue weighted by atomic mass is 32.1. The summed E-state index contributed by atoms with van der Waals surface area (Å²) in [6, 6.07) is 3.81. The summed E-state index contributed by atoms with van der Waals surface area (Å²) in [4.78, 5) is 9.97. The van der Waals surface area contributed by atoms with Gasteiger partial charge in [-0.1, -0.05) is 11.2 Å². The number of halogens is 2. The highest BCUT2D eigenvalue weighted by molar-refractivity contribution is 7.09. The number of oxime groups is 1. The van der Waals surface area contributed by atoms with E-state index in [4.69, 9.17) is 4.84 Å². The van der Waals surface area contributed by atoms with Crippen LogP contribution in [-0.4, -0.2) is 23.8 Å². The number of rotatable bonds is 3. The highest BCUT2D eigenvalue weighted by Gasteiger charge is 2.30. The maximum absolute atomic E-state index is 13.9. The van der Waals surface area contributed by atoms with Crippen LogP contribution in [0.25, 0.3) is 0 Å². The molecule has 2 aliphatic rings. The molecule has 0 bridgehead atoms. The average molecular weight is 366 g/mol. The summed E-state index contributed by atoms with van der Waals surface area (Å²) >= 11 is 1.62. The molecule has 1 aromatic heterocycles. The molecule has 4 rings (SSSR count). The van der Waals surface area contributed by atoms with Crippen LogP contribution in [0.1, 0.15) is 47.5 Å². The van der Waals surface area contributed by atoms with E-state index in [1.165, 1.54) is 18.2 Å². The van der Waals surface area contributed by atoms with E-state index in [9.17, 15) is 8.78 Å². The molecule has 0 aliphatic carbocycles. The summed E-state index contributed by atoms with van der Waals surface area (Å²) in [5, 5.41) is 10.4. The van der Waals surface area contributed by atoms with Gasteiger partial charge in [-0.15, -0.1) is 11.3 Å². The van der Waals surface area contributed by atoms with Crippen molar-refractivity contribution in [2.45, 2.75) is 31.3 Å². The second-order valence-electron chi connectivity index (χ2n) is 6.07. The number of aromatic nitrogens is 1. The van der Waals surface area contributed by atoms with Gasteiger partial charge in [0.15, 0.2) is 6.10 Å². The minimum absolute atomic E-state index is 0. The molecule has 134 valence electrons. The largest absolute Gasteiger partial charge is 0.387 e. The van der Waals surface area contributed by atoms with E-state index in [1.807, 2.05) is 5.38 Å². The SMILES string of the molecule is Fc1cccc(F)c1C1CC(c2csc(C3CCNCC3)n2)=NO1.N. The predicted molar refractivity (Wildman–Crippen MR) is 93.3 cm³/mol. The molecule has 1 aromatic carbocycles. The highest BCUT2D eigenvalue weighted by Crippen LogP contribution is 2.34. The Balaban J connectivity index is 0.00000182. The second-order valence-corrected chi connectivity index (χ2v) is 6.96. The lowest BCUT2D eigenvalue weighted by Crippen LogP contribution is -2.26. The number of hydrogen-bond acceptors (Lipinski definition) is 6. The quantitative estimate of drug-likeness (QED) is 0.863. The maximum Gasteiger partial charge on any atom is 0.164 e. The molecular formula is C17H20F2N4OS. The van der Waals surface area contributed by atoms with Crippen molar-refractivity contribution in [2.24, 2.45) is 5.16 Å². The number of benzene rings is 1. The number of nitrogens with zero attached hydrogens (tertiary/aromatic N) is 2. The normalized spacial score (nSPS) is 20.7. The molecule has 1 fully saturated rings. The van der Waals surface area contributed by atoms with Crippen LogP contribution in [0, 0.1) is 11.6 Å². The van der Waals surface area contributed by atoms with E-state index in [1.54, 1.807) is 11.3 Å². The fourth-order valence-corrected chi connectivity index (χ4v) is 4.18. The Labute approximate surface area is 148 Å². The summed E-state index contributed by atoms with van der Waals surface area (Å²) < 4.78 is 27.8. The summed E-state index contributed by atoms with van der Waals surface area (Å²) in [7, 11) is 0. The van der Waals surface area contributed by atoms with Gasteiger partial charge in [-0.25, -0.2) is 13.8 Å². The zero-order valence-corrected chi connectivity index (χ0v) is 14.5. The van der Waals surface area contributed by atoms with Crippen molar-refractivity contribution in [1.29, 1.82) is 0 Å². The molecule has 8 heteroatoms. The van der Waals surface area contributed by atoms with Crippen LogP contribution in [-0.2, 0) is 4.84 Å². The maximum atomic E-state index is 13.9. The van der Waals surface area contributed by atoms with Gasteiger partial charge in [0.2, 0.25) is 0 Å². The van der Waals surface area contributed by atoms with Gasteiger partial charge in [-0.05, 0) is 38.1 Å². The van der Waals surface area contributed by atoms with E-state index < -0.39 is 17.7 Å². The van der Waals surface area contributed by atoms with Crippen LogP contribution < -0.4 is 11.5 Å². The third-order valence-electron chi connectivity index (χ3n) is 4.50. The van der Waals surface area contributed by atoms with Crippen molar-refractivity contribution in [2.75, 3.05) is 13.1 Å². The average Bonchev–Trinajstić information content (AvgIpc) is 3.25. The van der Waals surface area contributed by atoms with E-state index >= 15 is 0 Å². The van der Waals surface area contributed by atoms with Gasteiger partial charge >= 0.3 is 0 Å². The van der Waals surface area contributed by atoms with E-state index in [2.05, 4.69) is 15.5 Å². The first-order chi connectivity index (χ1) is 11.7. The molecule has 0 spiro atoms. The smallest absolute Gasteiger partial charge is 0.164 e. The molecule has 1 atom stereocenters. The number of nitrogens with one attached hydrogen (secondary N) is 1. The molecule has 0 amide bonds. The molecule has 25 heavy (non-hydrogen) atoms. The number of hydrogen-bond donors (Lipinski definition) is 2. The molecule has 2 aliphatic heterocycles. The Bertz CT molecular complexity index is 754. The molecule has 2 aromatic rings. The third-order valence-corrected chi connectivity index (χ3v) is 5.50. The van der Waals surface area contributed by atoms with Gasteiger partial charge in [-0.3, -0.25) is 0 Å². The van der Waals surface area contributed by atoms with E-state index in [0.29, 0.717) is 18.1 Å². The predicted octanol–water partition coefficient (Wildman–Crippen LogP) is 3.92. The first kappa shape index (κ1) is 17.9. The van der Waals surface area contributed by atoms with Crippen LogP contribution in [0.2, 0.25) is 0 Å². The summed E-state index contributed by atoms with van der Waals surface area (Å²) in [6.07, 6.45) is 1.76. The molecule has 4 N–H and O–H groups in total. The second kappa shape index (κ2) is 7.55. The van der Waals surface area contributed by atoms with Crippen molar-refractivity contribution >= 4 is 17.0 Å². The minimum atomic E-state index is -0.731. The molecule has 5 nitrogen and oxygen atoms in total. The minimum Gasteiger partial charge on any atom is -0.387 e. The Morgan fingerprint density at radius 3 is 2.60 bits per heavy atom.